The first kappa shape index (κ1) is 21.6. The molecule has 0 saturated carbocycles. The SMILES string of the molecule is COc1cc(C=NNc2cc(C)c3cc(C)cc(C)c3n2)ccc1OCCC(C)C. The Balaban J connectivity index is 1.73. The van der Waals surface area contributed by atoms with Gasteiger partial charge in [0.15, 0.2) is 11.5 Å². The van der Waals surface area contributed by atoms with Crippen LogP contribution < -0.4 is 14.9 Å². The van der Waals surface area contributed by atoms with Crippen LogP contribution in [-0.2, 0) is 0 Å². The number of fused-ring (bicyclic) bond motifs is 1. The third kappa shape index (κ3) is 5.29. The molecule has 0 saturated heterocycles. The zero-order chi connectivity index (χ0) is 21.7. The number of nitrogens with one attached hydrogen (secondary N) is 1. The van der Waals surface area contributed by atoms with Gasteiger partial charge in [-0.05, 0) is 80.1 Å². The largest absolute Gasteiger partial charge is 0.493 e. The van der Waals surface area contributed by atoms with E-state index in [1.165, 1.54) is 22.1 Å². The molecular weight excluding hydrogens is 374 g/mol. The van der Waals surface area contributed by atoms with Gasteiger partial charge >= 0.3 is 0 Å². The number of ether oxygens (including phenoxy) is 2. The standard InChI is InChI=1S/C25H31N3O2/c1-16(2)9-10-30-22-8-7-20(14-23(22)29-6)15-26-28-24-13-18(4)21-12-17(3)11-19(5)25(21)27-24/h7-8,11-16H,9-10H2,1-6H3,(H,27,28). The van der Waals surface area contributed by atoms with E-state index in [-0.39, 0.29) is 0 Å². The molecule has 0 aliphatic heterocycles. The highest BCUT2D eigenvalue weighted by Gasteiger charge is 2.07. The molecule has 0 fully saturated rings. The molecule has 0 amide bonds. The lowest BCUT2D eigenvalue weighted by Crippen LogP contribution is -2.03. The number of pyridine rings is 1. The van der Waals surface area contributed by atoms with Crippen LogP contribution in [-0.4, -0.2) is 24.9 Å². The van der Waals surface area contributed by atoms with Crippen LogP contribution in [0.15, 0.2) is 41.5 Å². The van der Waals surface area contributed by atoms with Crippen molar-refractivity contribution in [1.29, 1.82) is 0 Å². The van der Waals surface area contributed by atoms with Crippen LogP contribution in [0.25, 0.3) is 10.9 Å². The minimum Gasteiger partial charge on any atom is -0.493 e. The van der Waals surface area contributed by atoms with Crippen LogP contribution in [0.5, 0.6) is 11.5 Å². The number of aromatic nitrogens is 1. The summed E-state index contributed by atoms with van der Waals surface area (Å²) in [5.41, 5.74) is 8.56. The molecule has 3 rings (SSSR count). The Morgan fingerprint density at radius 3 is 2.57 bits per heavy atom. The second-order valence-corrected chi connectivity index (χ2v) is 8.11. The van der Waals surface area contributed by atoms with Crippen molar-refractivity contribution in [2.45, 2.75) is 41.0 Å². The molecule has 0 radical (unpaired) electrons. The highest BCUT2D eigenvalue weighted by atomic mass is 16.5. The average Bonchev–Trinajstić information content (AvgIpc) is 2.69. The first-order valence-electron chi connectivity index (χ1n) is 10.4. The van der Waals surface area contributed by atoms with E-state index in [2.05, 4.69) is 57.3 Å². The van der Waals surface area contributed by atoms with Gasteiger partial charge < -0.3 is 9.47 Å². The van der Waals surface area contributed by atoms with Crippen molar-refractivity contribution >= 4 is 22.9 Å². The fourth-order valence-electron chi connectivity index (χ4n) is 3.36. The van der Waals surface area contributed by atoms with Gasteiger partial charge in [-0.2, -0.15) is 5.10 Å². The van der Waals surface area contributed by atoms with Gasteiger partial charge in [0, 0.05) is 5.39 Å². The van der Waals surface area contributed by atoms with Gasteiger partial charge in [0.25, 0.3) is 0 Å². The lowest BCUT2D eigenvalue weighted by molar-refractivity contribution is 0.273. The quantitative estimate of drug-likeness (QED) is 0.367. The van der Waals surface area contributed by atoms with Crippen LogP contribution >= 0.6 is 0 Å². The van der Waals surface area contributed by atoms with E-state index < -0.39 is 0 Å². The summed E-state index contributed by atoms with van der Waals surface area (Å²) in [6.45, 7) is 11.3. The number of nitrogens with zero attached hydrogens (tertiary/aromatic N) is 2. The van der Waals surface area contributed by atoms with Gasteiger partial charge in [-0.15, -0.1) is 0 Å². The molecular formula is C25H31N3O2. The van der Waals surface area contributed by atoms with Crippen molar-refractivity contribution < 1.29 is 9.47 Å². The Labute approximate surface area is 179 Å². The summed E-state index contributed by atoms with van der Waals surface area (Å²) in [6, 6.07) is 12.1. The maximum atomic E-state index is 5.85. The molecule has 0 spiro atoms. The topological polar surface area (TPSA) is 55.7 Å². The number of hydrazone groups is 1. The maximum absolute atomic E-state index is 5.85. The average molecular weight is 406 g/mol. The molecule has 0 unspecified atom stereocenters. The lowest BCUT2D eigenvalue weighted by atomic mass is 10.0. The van der Waals surface area contributed by atoms with Crippen LogP contribution in [0.2, 0.25) is 0 Å². The molecule has 5 nitrogen and oxygen atoms in total. The van der Waals surface area contributed by atoms with Crippen LogP contribution in [0, 0.1) is 26.7 Å². The van der Waals surface area contributed by atoms with Crippen molar-refractivity contribution in [2.75, 3.05) is 19.1 Å². The number of methoxy groups -OCH3 is 1. The van der Waals surface area contributed by atoms with E-state index in [1.54, 1.807) is 13.3 Å². The molecule has 3 aromatic rings. The second-order valence-electron chi connectivity index (χ2n) is 8.11. The maximum Gasteiger partial charge on any atom is 0.161 e. The smallest absolute Gasteiger partial charge is 0.161 e. The van der Waals surface area contributed by atoms with Gasteiger partial charge in [-0.1, -0.05) is 25.5 Å². The number of aryl methyl sites for hydroxylation is 3. The number of benzene rings is 2. The molecule has 2 aromatic carbocycles. The van der Waals surface area contributed by atoms with Crippen molar-refractivity contribution in [3.05, 3.63) is 58.7 Å². The Hall–Kier alpha value is -3.08. The highest BCUT2D eigenvalue weighted by Crippen LogP contribution is 2.28. The Morgan fingerprint density at radius 1 is 1.03 bits per heavy atom. The summed E-state index contributed by atoms with van der Waals surface area (Å²) in [5, 5.41) is 5.54. The van der Waals surface area contributed by atoms with Gasteiger partial charge in [0.1, 0.15) is 5.82 Å². The molecule has 0 bridgehead atoms. The predicted molar refractivity (Wildman–Crippen MR) is 125 cm³/mol. The summed E-state index contributed by atoms with van der Waals surface area (Å²) >= 11 is 0. The zero-order valence-corrected chi connectivity index (χ0v) is 18.7. The highest BCUT2D eigenvalue weighted by molar-refractivity contribution is 5.87. The molecule has 158 valence electrons. The Bertz CT molecular complexity index is 1060. The summed E-state index contributed by atoms with van der Waals surface area (Å²) in [5.74, 6) is 2.78. The van der Waals surface area contributed by atoms with Gasteiger partial charge in [-0.25, -0.2) is 4.98 Å². The Morgan fingerprint density at radius 2 is 1.83 bits per heavy atom. The fraction of sp³-hybridized carbons (Fsp3) is 0.360. The molecule has 0 aliphatic rings. The van der Waals surface area contributed by atoms with E-state index in [0.29, 0.717) is 18.3 Å². The molecule has 0 aliphatic carbocycles. The number of rotatable bonds is 8. The molecule has 1 aromatic heterocycles. The lowest BCUT2D eigenvalue weighted by Gasteiger charge is -2.12. The molecule has 1 heterocycles. The van der Waals surface area contributed by atoms with E-state index >= 15 is 0 Å². The van der Waals surface area contributed by atoms with Gasteiger partial charge in [0.2, 0.25) is 0 Å². The first-order valence-corrected chi connectivity index (χ1v) is 10.4. The number of anilines is 1. The minimum atomic E-state index is 0.605. The minimum absolute atomic E-state index is 0.605. The van der Waals surface area contributed by atoms with Crippen molar-refractivity contribution in [3.8, 4) is 11.5 Å². The fourth-order valence-corrected chi connectivity index (χ4v) is 3.36. The predicted octanol–water partition coefficient (Wildman–Crippen LogP) is 6.04. The third-order valence-corrected chi connectivity index (χ3v) is 4.99. The molecule has 1 N–H and O–H groups in total. The van der Waals surface area contributed by atoms with E-state index in [1.807, 2.05) is 24.3 Å². The molecule has 30 heavy (non-hydrogen) atoms. The van der Waals surface area contributed by atoms with E-state index in [9.17, 15) is 0 Å². The normalized spacial score (nSPS) is 11.4. The molecule has 5 heteroatoms. The van der Waals surface area contributed by atoms with Crippen LogP contribution in [0.3, 0.4) is 0 Å². The third-order valence-electron chi connectivity index (χ3n) is 4.99. The van der Waals surface area contributed by atoms with E-state index in [0.717, 1.165) is 29.1 Å². The van der Waals surface area contributed by atoms with E-state index in [4.69, 9.17) is 14.5 Å². The number of hydrogen-bond donors (Lipinski definition) is 1. The Kier molecular flexibility index (Phi) is 6.93. The van der Waals surface area contributed by atoms with Crippen LogP contribution in [0.4, 0.5) is 5.82 Å². The zero-order valence-electron chi connectivity index (χ0n) is 18.7. The van der Waals surface area contributed by atoms with Gasteiger partial charge in [-0.3, -0.25) is 5.43 Å². The monoisotopic (exact) mass is 405 g/mol. The molecule has 0 atom stereocenters. The summed E-state index contributed by atoms with van der Waals surface area (Å²) in [7, 11) is 1.65. The first-order chi connectivity index (χ1) is 14.4. The van der Waals surface area contributed by atoms with Crippen LogP contribution in [0.1, 0.15) is 42.5 Å². The summed E-state index contributed by atoms with van der Waals surface area (Å²) < 4.78 is 11.3. The summed E-state index contributed by atoms with van der Waals surface area (Å²) in [6.07, 6.45) is 2.76. The van der Waals surface area contributed by atoms with Crippen molar-refractivity contribution in [1.82, 2.24) is 4.98 Å². The second kappa shape index (κ2) is 9.61. The van der Waals surface area contributed by atoms with Gasteiger partial charge in [0.05, 0.1) is 25.4 Å². The van der Waals surface area contributed by atoms with Crippen molar-refractivity contribution in [2.24, 2.45) is 11.0 Å². The number of hydrogen-bond acceptors (Lipinski definition) is 5. The van der Waals surface area contributed by atoms with Crippen molar-refractivity contribution in [3.63, 3.8) is 0 Å². The summed E-state index contributed by atoms with van der Waals surface area (Å²) in [4.78, 5) is 4.73.